The first-order chi connectivity index (χ1) is 6.69. The Balaban J connectivity index is 0.00000196. The van der Waals surface area contributed by atoms with E-state index in [4.69, 9.17) is 18.1 Å². The molecule has 1 unspecified atom stereocenters. The molecule has 1 aromatic rings. The van der Waals surface area contributed by atoms with E-state index in [9.17, 15) is 4.79 Å². The molecule has 0 radical (unpaired) electrons. The molecule has 0 aliphatic heterocycles. The van der Waals surface area contributed by atoms with Gasteiger partial charge in [-0.05, 0) is 24.3 Å². The van der Waals surface area contributed by atoms with E-state index in [-0.39, 0.29) is 56.5 Å². The van der Waals surface area contributed by atoms with Crippen molar-refractivity contribution in [3.05, 3.63) is 34.3 Å². The van der Waals surface area contributed by atoms with E-state index in [0.717, 1.165) is 4.47 Å². The van der Waals surface area contributed by atoms with Gasteiger partial charge in [0.2, 0.25) is 5.12 Å². The Morgan fingerprint density at radius 1 is 1.47 bits per heavy atom. The number of hydrazine groups is 1. The molecule has 0 bridgehead atoms. The van der Waals surface area contributed by atoms with E-state index in [2.05, 4.69) is 20.8 Å². The standard InChI is InChI=1S/C8H9BrN2OS2.K.H/c9-7-3-1-6(2-4-7)8(12)14(5-13)11-10;;/h1-5,11,14H,10H2;;. The molecular weight excluding hydrogens is 323 g/mol. The van der Waals surface area contributed by atoms with E-state index in [1.54, 1.807) is 24.3 Å². The number of carbonyl (C=O) groups excluding carboxylic acids is 1. The summed E-state index contributed by atoms with van der Waals surface area (Å²) >= 11 is 6.76. The molecule has 0 fully saturated rings. The number of thiocarbonyl (C=S) groups is 1. The van der Waals surface area contributed by atoms with Crippen molar-refractivity contribution in [2.45, 2.75) is 0 Å². The molecule has 0 aliphatic carbocycles. The molecule has 1 atom stereocenters. The maximum atomic E-state index is 11.7. The van der Waals surface area contributed by atoms with Gasteiger partial charge in [0.05, 0.1) is 0 Å². The van der Waals surface area contributed by atoms with Crippen LogP contribution in [0.4, 0.5) is 0 Å². The van der Waals surface area contributed by atoms with Crippen LogP contribution in [0.25, 0.3) is 0 Å². The molecule has 0 spiro atoms. The minimum atomic E-state index is -1.24. The summed E-state index contributed by atoms with van der Waals surface area (Å²) in [5.74, 6) is 5.20. The van der Waals surface area contributed by atoms with Crippen LogP contribution in [0.5, 0.6) is 0 Å². The van der Waals surface area contributed by atoms with Crippen LogP contribution in [-0.4, -0.2) is 61.2 Å². The van der Waals surface area contributed by atoms with Crippen molar-refractivity contribution < 1.29 is 4.79 Å². The summed E-state index contributed by atoms with van der Waals surface area (Å²) in [6.45, 7) is 0. The number of benzene rings is 1. The first-order valence-electron chi connectivity index (χ1n) is 3.69. The van der Waals surface area contributed by atoms with Crippen molar-refractivity contribution in [2.75, 3.05) is 0 Å². The third-order valence-electron chi connectivity index (χ3n) is 1.55. The predicted molar refractivity (Wildman–Crippen MR) is 75.6 cm³/mol. The summed E-state index contributed by atoms with van der Waals surface area (Å²) < 4.78 is 2.31. The van der Waals surface area contributed by atoms with Gasteiger partial charge in [0.25, 0.3) is 0 Å². The summed E-state index contributed by atoms with van der Waals surface area (Å²) in [6.07, 6.45) is 0. The summed E-state index contributed by atoms with van der Waals surface area (Å²) in [6, 6.07) is 7.08. The maximum absolute atomic E-state index is 11.7. The molecule has 3 N–H and O–H groups in total. The van der Waals surface area contributed by atoms with Crippen LogP contribution in [0.3, 0.4) is 0 Å². The van der Waals surface area contributed by atoms with Gasteiger partial charge in [0, 0.05) is 14.7 Å². The van der Waals surface area contributed by atoms with Gasteiger partial charge in [-0.2, -0.15) is 0 Å². The third-order valence-corrected chi connectivity index (χ3v) is 3.90. The summed E-state index contributed by atoms with van der Waals surface area (Å²) in [4.78, 5) is 14.1. The van der Waals surface area contributed by atoms with Gasteiger partial charge in [-0.25, -0.2) is 4.83 Å². The van der Waals surface area contributed by atoms with Crippen molar-refractivity contribution in [3.63, 3.8) is 0 Å². The number of halogens is 1. The van der Waals surface area contributed by atoms with Crippen molar-refractivity contribution in [1.29, 1.82) is 0 Å². The Kier molecular flexibility index (Phi) is 9.23. The van der Waals surface area contributed by atoms with Gasteiger partial charge in [0.1, 0.15) is 0 Å². The Labute approximate surface area is 148 Å². The second-order valence-corrected chi connectivity index (χ2v) is 5.58. The number of carbonyl (C=O) groups is 1. The van der Waals surface area contributed by atoms with Crippen LogP contribution in [0.15, 0.2) is 28.7 Å². The molecule has 0 aromatic heterocycles. The van der Waals surface area contributed by atoms with Gasteiger partial charge >= 0.3 is 51.4 Å². The zero-order chi connectivity index (χ0) is 10.6. The fourth-order valence-electron chi connectivity index (χ4n) is 0.868. The number of nitrogens with two attached hydrogens (primary N) is 1. The summed E-state index contributed by atoms with van der Waals surface area (Å²) in [7, 11) is 0. The SMILES string of the molecule is NN[SH](C=S)C(=O)c1ccc(Br)cc1.[KH]. The van der Waals surface area contributed by atoms with Crippen LogP contribution < -0.4 is 10.7 Å². The van der Waals surface area contributed by atoms with Gasteiger partial charge in [0.15, 0.2) is 0 Å². The van der Waals surface area contributed by atoms with Crippen molar-refractivity contribution >= 4 is 100 Å². The van der Waals surface area contributed by atoms with E-state index in [1.807, 2.05) is 0 Å². The van der Waals surface area contributed by atoms with Crippen LogP contribution in [0.2, 0.25) is 0 Å². The van der Waals surface area contributed by atoms with Gasteiger partial charge < -0.3 is 0 Å². The average Bonchev–Trinajstić information content (AvgIpc) is 2.20. The zero-order valence-corrected chi connectivity index (χ0v) is 10.4. The van der Waals surface area contributed by atoms with Gasteiger partial charge in [-0.1, -0.05) is 39.2 Å². The van der Waals surface area contributed by atoms with Gasteiger partial charge in [-0.3, -0.25) is 10.6 Å². The molecule has 0 amide bonds. The summed E-state index contributed by atoms with van der Waals surface area (Å²) in [5, 5.41) is -0.0648. The third kappa shape index (κ3) is 5.03. The Morgan fingerprint density at radius 2 is 2.00 bits per heavy atom. The van der Waals surface area contributed by atoms with Crippen LogP contribution in [0, 0.1) is 0 Å². The monoisotopic (exact) mass is 332 g/mol. The molecule has 1 rings (SSSR count). The molecular formula is C8H10BrKN2OS2. The molecule has 0 saturated heterocycles. The predicted octanol–water partition coefficient (Wildman–Crippen LogP) is 1.28. The van der Waals surface area contributed by atoms with E-state index >= 15 is 0 Å². The van der Waals surface area contributed by atoms with Crippen LogP contribution in [-0.2, 0) is 0 Å². The number of thiol groups is 1. The normalized spacial score (nSPS) is 12.5. The van der Waals surface area contributed by atoms with E-state index in [0.29, 0.717) is 5.56 Å². The average molecular weight is 333 g/mol. The first-order valence-corrected chi connectivity index (χ1v) is 6.37. The molecule has 0 aliphatic rings. The van der Waals surface area contributed by atoms with E-state index in [1.165, 1.54) is 4.70 Å². The fourth-order valence-corrected chi connectivity index (χ4v) is 2.30. The van der Waals surface area contributed by atoms with Crippen molar-refractivity contribution in [1.82, 2.24) is 4.83 Å². The number of hydrogen-bond acceptors (Lipinski definition) is 4. The van der Waals surface area contributed by atoms with Crippen LogP contribution >= 0.6 is 39.2 Å². The minimum absolute atomic E-state index is 0. The van der Waals surface area contributed by atoms with Crippen molar-refractivity contribution in [3.8, 4) is 0 Å². The van der Waals surface area contributed by atoms with E-state index < -0.39 is 11.1 Å². The first kappa shape index (κ1) is 16.4. The molecule has 3 nitrogen and oxygen atoms in total. The topological polar surface area (TPSA) is 55.1 Å². The zero-order valence-electron chi connectivity index (χ0n) is 7.11. The quantitative estimate of drug-likeness (QED) is 0.256. The molecule has 0 heterocycles. The summed E-state index contributed by atoms with van der Waals surface area (Å²) in [5.41, 5.74) is 0.610. The molecule has 15 heavy (non-hydrogen) atoms. The van der Waals surface area contributed by atoms with Crippen LogP contribution in [0.1, 0.15) is 10.4 Å². The number of rotatable bonds is 3. The number of nitrogens with one attached hydrogen (secondary N) is 1. The number of hydrogen-bond donors (Lipinski definition) is 3. The molecule has 0 saturated carbocycles. The second-order valence-electron chi connectivity index (χ2n) is 2.42. The Bertz CT molecular complexity index is 347. The second kappa shape index (κ2) is 8.46. The Morgan fingerprint density at radius 3 is 2.40 bits per heavy atom. The van der Waals surface area contributed by atoms with Gasteiger partial charge in [-0.15, -0.1) is 0 Å². The van der Waals surface area contributed by atoms with Crippen molar-refractivity contribution in [2.24, 2.45) is 5.84 Å². The Hall–Kier alpha value is 1.37. The molecule has 78 valence electrons. The molecule has 1 aromatic carbocycles. The molecule has 7 heteroatoms. The fraction of sp³-hybridized carbons (Fsp3) is 0.